The lowest BCUT2D eigenvalue weighted by Crippen LogP contribution is -2.35. The lowest BCUT2D eigenvalue weighted by Gasteiger charge is -2.27. The molecule has 1 aliphatic rings. The van der Waals surface area contributed by atoms with Crippen molar-refractivity contribution in [3.05, 3.63) is 57.1 Å². The number of hydrogen-bond acceptors (Lipinski definition) is 7. The minimum Gasteiger partial charge on any atom is -0.507 e. The number of ether oxygens (including phenoxy) is 3. The molecule has 0 aromatic heterocycles. The highest BCUT2D eigenvalue weighted by Gasteiger charge is 2.46. The van der Waals surface area contributed by atoms with E-state index in [1.165, 1.54) is 38.4 Å². The summed E-state index contributed by atoms with van der Waals surface area (Å²) in [5.41, 5.74) is 0.683. The Labute approximate surface area is 208 Å². The first kappa shape index (κ1) is 25.7. The Bertz CT molecular complexity index is 1130. The van der Waals surface area contributed by atoms with Gasteiger partial charge in [-0.1, -0.05) is 29.3 Å². The average molecular weight is 509 g/mol. The number of amides is 1. The van der Waals surface area contributed by atoms with Crippen molar-refractivity contribution in [2.45, 2.75) is 6.04 Å². The largest absolute Gasteiger partial charge is 0.507 e. The lowest BCUT2D eigenvalue weighted by molar-refractivity contribution is -0.140. The fourth-order valence-electron chi connectivity index (χ4n) is 3.83. The summed E-state index contributed by atoms with van der Waals surface area (Å²) >= 11 is 12.5. The van der Waals surface area contributed by atoms with Crippen molar-refractivity contribution in [3.63, 3.8) is 0 Å². The van der Waals surface area contributed by atoms with E-state index in [4.69, 9.17) is 37.4 Å². The number of carbonyl (C=O) groups excluding carboxylic acids is 2. The molecule has 1 saturated heterocycles. The summed E-state index contributed by atoms with van der Waals surface area (Å²) in [7, 11) is 8.15. The number of carbonyl (C=O) groups is 2. The highest BCUT2D eigenvalue weighted by Crippen LogP contribution is 2.43. The molecule has 1 amide bonds. The number of likely N-dealkylation sites (N-methyl/N-ethyl adjacent to an activating group) is 1. The van der Waals surface area contributed by atoms with Crippen LogP contribution in [0.3, 0.4) is 0 Å². The van der Waals surface area contributed by atoms with Gasteiger partial charge in [0.1, 0.15) is 5.76 Å². The molecule has 0 saturated carbocycles. The van der Waals surface area contributed by atoms with Gasteiger partial charge in [0, 0.05) is 18.7 Å². The number of rotatable bonds is 8. The Morgan fingerprint density at radius 1 is 1.00 bits per heavy atom. The van der Waals surface area contributed by atoms with Gasteiger partial charge in [0.25, 0.3) is 11.7 Å². The molecule has 1 unspecified atom stereocenters. The van der Waals surface area contributed by atoms with Crippen molar-refractivity contribution in [2.24, 2.45) is 0 Å². The third kappa shape index (κ3) is 4.80. The molecule has 1 aliphatic heterocycles. The van der Waals surface area contributed by atoms with Gasteiger partial charge in [-0.05, 0) is 43.9 Å². The topological polar surface area (TPSA) is 88.5 Å². The summed E-state index contributed by atoms with van der Waals surface area (Å²) in [5, 5.41) is 11.5. The third-order valence-electron chi connectivity index (χ3n) is 5.53. The molecule has 1 fully saturated rings. The first-order valence-electron chi connectivity index (χ1n) is 10.3. The predicted molar refractivity (Wildman–Crippen MR) is 130 cm³/mol. The Kier molecular flexibility index (Phi) is 7.97. The van der Waals surface area contributed by atoms with Crippen molar-refractivity contribution in [2.75, 3.05) is 48.5 Å². The first-order valence-corrected chi connectivity index (χ1v) is 11.1. The lowest BCUT2D eigenvalue weighted by atomic mass is 9.95. The molecular formula is C24H26Cl2N2O6. The summed E-state index contributed by atoms with van der Waals surface area (Å²) in [4.78, 5) is 29.5. The van der Waals surface area contributed by atoms with Gasteiger partial charge in [0.15, 0.2) is 17.2 Å². The number of halogens is 2. The molecule has 2 aromatic carbocycles. The SMILES string of the molecule is COc1ccc(C2/C(=C(\O)c3cc(Cl)c(OC)c(Cl)c3)C(=O)C(=O)N2CCN(C)C)cc1OC. The molecule has 1 N–H and O–H groups in total. The maximum Gasteiger partial charge on any atom is 0.295 e. The number of benzene rings is 2. The second-order valence-corrected chi connectivity index (χ2v) is 8.70. The van der Waals surface area contributed by atoms with Gasteiger partial charge in [-0.2, -0.15) is 0 Å². The Morgan fingerprint density at radius 2 is 1.62 bits per heavy atom. The standard InChI is InChI=1S/C24H26Cl2N2O6/c1-27(2)8-9-28-20(13-6-7-17(32-3)18(12-13)33-4)19(22(30)24(28)31)21(29)14-10-15(25)23(34-5)16(26)11-14/h6-7,10-12,20,29H,8-9H2,1-5H3/b21-19+. The minimum atomic E-state index is -0.862. The number of methoxy groups -OCH3 is 3. The Balaban J connectivity index is 2.23. The van der Waals surface area contributed by atoms with E-state index in [0.29, 0.717) is 23.6 Å². The van der Waals surface area contributed by atoms with Crippen LogP contribution in [0.2, 0.25) is 10.0 Å². The fourth-order valence-corrected chi connectivity index (χ4v) is 4.48. The molecule has 8 nitrogen and oxygen atoms in total. The molecule has 0 bridgehead atoms. The van der Waals surface area contributed by atoms with Gasteiger partial charge < -0.3 is 29.1 Å². The van der Waals surface area contributed by atoms with Gasteiger partial charge >= 0.3 is 0 Å². The summed E-state index contributed by atoms with van der Waals surface area (Å²) in [6.07, 6.45) is 0. The predicted octanol–water partition coefficient (Wildman–Crippen LogP) is 4.00. The fraction of sp³-hybridized carbons (Fsp3) is 0.333. The molecule has 3 rings (SSSR count). The Hall–Kier alpha value is -2.94. The molecule has 10 heteroatoms. The average Bonchev–Trinajstić information content (AvgIpc) is 3.06. The van der Waals surface area contributed by atoms with Crippen LogP contribution in [0.1, 0.15) is 17.2 Å². The van der Waals surface area contributed by atoms with E-state index in [9.17, 15) is 14.7 Å². The van der Waals surface area contributed by atoms with E-state index in [2.05, 4.69) is 0 Å². The number of ketones is 1. The van der Waals surface area contributed by atoms with Crippen molar-refractivity contribution in [1.82, 2.24) is 9.80 Å². The van der Waals surface area contributed by atoms with Crippen LogP contribution in [0, 0.1) is 0 Å². The monoisotopic (exact) mass is 508 g/mol. The maximum atomic E-state index is 13.2. The van der Waals surface area contributed by atoms with E-state index in [-0.39, 0.29) is 33.5 Å². The van der Waals surface area contributed by atoms with Crippen molar-refractivity contribution in [3.8, 4) is 17.2 Å². The number of aliphatic hydroxyl groups is 1. The van der Waals surface area contributed by atoms with Gasteiger partial charge in [-0.25, -0.2) is 0 Å². The number of hydrogen-bond donors (Lipinski definition) is 1. The van der Waals surface area contributed by atoms with Gasteiger partial charge in [0.2, 0.25) is 0 Å². The first-order chi connectivity index (χ1) is 16.1. The molecule has 0 radical (unpaired) electrons. The molecule has 0 spiro atoms. The van der Waals surface area contributed by atoms with Gasteiger partial charge in [-0.15, -0.1) is 0 Å². The summed E-state index contributed by atoms with van der Waals surface area (Å²) in [5.74, 6) is -0.758. The van der Waals surface area contributed by atoms with Crippen LogP contribution >= 0.6 is 23.2 Å². The molecule has 182 valence electrons. The van der Waals surface area contributed by atoms with E-state index < -0.39 is 23.5 Å². The molecular weight excluding hydrogens is 483 g/mol. The highest BCUT2D eigenvalue weighted by atomic mass is 35.5. The number of Topliss-reactive ketones (excluding diaryl/α,β-unsaturated/α-hetero) is 1. The summed E-state index contributed by atoms with van der Waals surface area (Å²) in [6.45, 7) is 0.772. The van der Waals surface area contributed by atoms with Crippen LogP contribution in [0.5, 0.6) is 17.2 Å². The quantitative estimate of drug-likeness (QED) is 0.327. The zero-order valence-corrected chi connectivity index (χ0v) is 21.0. The van der Waals surface area contributed by atoms with Crippen molar-refractivity contribution < 1.29 is 28.9 Å². The summed E-state index contributed by atoms with van der Waals surface area (Å²) < 4.78 is 15.9. The minimum absolute atomic E-state index is 0.0757. The van der Waals surface area contributed by atoms with E-state index in [0.717, 1.165) is 0 Å². The normalized spacial score (nSPS) is 17.4. The maximum absolute atomic E-state index is 13.2. The van der Waals surface area contributed by atoms with Gasteiger partial charge in [-0.3, -0.25) is 9.59 Å². The van der Waals surface area contributed by atoms with Crippen LogP contribution < -0.4 is 14.2 Å². The van der Waals surface area contributed by atoms with E-state index in [1.54, 1.807) is 18.2 Å². The van der Waals surface area contributed by atoms with Gasteiger partial charge in [0.05, 0.1) is 43.0 Å². The zero-order valence-electron chi connectivity index (χ0n) is 19.5. The van der Waals surface area contributed by atoms with Crippen molar-refractivity contribution >= 4 is 40.7 Å². The van der Waals surface area contributed by atoms with Crippen LogP contribution in [-0.4, -0.2) is 75.1 Å². The van der Waals surface area contributed by atoms with E-state index >= 15 is 0 Å². The van der Waals surface area contributed by atoms with Crippen LogP contribution in [0.25, 0.3) is 5.76 Å². The molecule has 1 heterocycles. The molecule has 1 atom stereocenters. The zero-order chi connectivity index (χ0) is 25.2. The molecule has 2 aromatic rings. The van der Waals surface area contributed by atoms with Crippen LogP contribution in [0.15, 0.2) is 35.9 Å². The number of aliphatic hydroxyl groups excluding tert-OH is 1. The van der Waals surface area contributed by atoms with E-state index in [1.807, 2.05) is 19.0 Å². The smallest absolute Gasteiger partial charge is 0.295 e. The molecule has 34 heavy (non-hydrogen) atoms. The number of likely N-dealkylation sites (tertiary alicyclic amines) is 1. The van der Waals surface area contributed by atoms with Crippen LogP contribution in [-0.2, 0) is 9.59 Å². The highest BCUT2D eigenvalue weighted by molar-refractivity contribution is 6.46. The van der Waals surface area contributed by atoms with Crippen molar-refractivity contribution in [1.29, 1.82) is 0 Å². The Morgan fingerprint density at radius 3 is 2.15 bits per heavy atom. The number of nitrogens with zero attached hydrogens (tertiary/aromatic N) is 2. The molecule has 0 aliphatic carbocycles. The second-order valence-electron chi connectivity index (χ2n) is 7.88. The second kappa shape index (κ2) is 10.5. The van der Waals surface area contributed by atoms with Crippen LogP contribution in [0.4, 0.5) is 0 Å². The summed E-state index contributed by atoms with van der Waals surface area (Å²) in [6, 6.07) is 7.09. The third-order valence-corrected chi connectivity index (χ3v) is 6.09.